The van der Waals surface area contributed by atoms with Crippen LogP contribution < -0.4 is 26.6 Å². The number of aliphatic hydroxyl groups excluding tert-OH is 26. The molecule has 31 N–H and O–H groups in total. The van der Waals surface area contributed by atoms with Crippen LogP contribution in [0.5, 0.6) is 0 Å². The number of carbonyl (C=O) groups excluding carboxylic acids is 5. The van der Waals surface area contributed by atoms with Crippen molar-refractivity contribution >= 4 is 29.5 Å². The number of nitrogens with one attached hydrogen (secondary N) is 5. The predicted octanol–water partition coefficient (Wildman–Crippen LogP) is -21.1. The van der Waals surface area contributed by atoms with Crippen LogP contribution in [0.1, 0.15) is 41.5 Å². The van der Waals surface area contributed by atoms with Gasteiger partial charge < -0.3 is 249 Å². The molecule has 722 valence electrons. The molecular weight excluding hydrogens is 1710 g/mol. The standard InChI is InChI=1S/C70H117N5O50/c1-16-36(87)48(99)52(103)66(110-16)108-15-30-57(45(96)31(61(106)111-30)71-17(2)82)120-64-34(74-20(5)85)46(97)56(27(12-81)116-64)122-68-54(105)58(123-70-60(50(101)40(91)25(10-79)115-70)125-65-35(75-21(6)86)47(98)55(26(11-80)117-65)121-67-53(104)49(100)39(90)24(9-78)114-67)42(93)29(118-68)14-109-69-59(124-63-33(73-19(4)84)44(95)38(89)23(8-77)113-63)51(102)41(92)28(119-69)13-107-62-32(72-18(3)83)43(94)37(88)22(7-76)112-62/h16,22-70,76-81,87-106H,7-15H2,1-6H3,(H,71,82)(H,72,83)(H,73,84)(H,74,85)(H,75,86)/t16-,22+,23+,24+,25+,26+,27+,28+,29+,30+,31+,32+,33+,34+,35+,36+,37+,38+,39-,40+,41+,42+,43+,44+,45+,46+,47+,48+,49-,50-,51-,52-,53+,54-,55+,56+,57+,58-,59-,60-,61?,62+,63-,64-,65-,66+,67-,68-,69-,70+/m0/s1. The molecule has 0 radical (unpaired) electrons. The second kappa shape index (κ2) is 44.9. The summed E-state index contributed by atoms with van der Waals surface area (Å²) < 4.78 is 114. The Kier molecular flexibility index (Phi) is 36.8. The number of hydrogen-bond donors (Lipinski definition) is 31. The van der Waals surface area contributed by atoms with Crippen molar-refractivity contribution in [1.82, 2.24) is 26.6 Å². The van der Waals surface area contributed by atoms with Crippen molar-refractivity contribution in [3.63, 3.8) is 0 Å². The summed E-state index contributed by atoms with van der Waals surface area (Å²) in [4.78, 5) is 64.0. The van der Waals surface area contributed by atoms with E-state index in [9.17, 15) is 157 Å². The SMILES string of the molecule is CC(=O)N[C@H]1[C@H](O[C@H]2[C@H](O)[C@@H](NC(C)=O)C(O)O[C@@H]2CO[C@@H]2O[C@@H](C)[C@@H](O)[C@@H](O)[C@@H]2O)O[C@H](CO)[C@@H](O[C@@H]2O[C@H](CO[C@H]3O[C@H](CO[C@@H]4O[C@H](CO)[C@@H](O)[C@H](O)[C@H]4NC(C)=O)[C@@H](O)[C@H](O)[C@@H]3O[C@@H]3O[C@H](CO)[C@@H](O)[C@H](O)[C@H]3NC(C)=O)[C@@H](O)[C@H](O[C@H]3O[C@H](CO)[C@@H](O)[C@H](O)[C@@H]3O[C@@H]3O[C@H](CO)[C@@H](O[C@@H]4O[C@H](CO)[C@H](O)[C@H](O)[C@H]4O)[C@H](O)[C@H]3NC(C)=O)[C@@H]2O)[C@@H]1O. The summed E-state index contributed by atoms with van der Waals surface area (Å²) in [6, 6.07) is -9.30. The molecule has 55 heteroatoms. The molecule has 0 saturated carbocycles. The third-order valence-electron chi connectivity index (χ3n) is 22.8. The highest BCUT2D eigenvalue weighted by Crippen LogP contribution is 2.40. The minimum Gasteiger partial charge on any atom is -0.394 e. The third-order valence-corrected chi connectivity index (χ3v) is 22.8. The van der Waals surface area contributed by atoms with Gasteiger partial charge in [-0.3, -0.25) is 24.0 Å². The third kappa shape index (κ3) is 23.3. The highest BCUT2D eigenvalue weighted by atomic mass is 16.8. The van der Waals surface area contributed by atoms with Gasteiger partial charge in [0.15, 0.2) is 62.9 Å². The largest absolute Gasteiger partial charge is 0.394 e. The van der Waals surface area contributed by atoms with Gasteiger partial charge in [-0.1, -0.05) is 0 Å². The number of carbonyl (C=O) groups is 5. The Balaban J connectivity index is 1.02. The average molecular weight is 1830 g/mol. The number of ether oxygens (including phenoxy) is 19. The van der Waals surface area contributed by atoms with Gasteiger partial charge in [0.05, 0.1) is 65.6 Å². The van der Waals surface area contributed by atoms with E-state index in [1.54, 1.807) is 0 Å². The van der Waals surface area contributed by atoms with E-state index >= 15 is 0 Å². The number of hydrogen-bond acceptors (Lipinski definition) is 50. The molecule has 0 aromatic rings. The monoisotopic (exact) mass is 1830 g/mol. The van der Waals surface area contributed by atoms with Crippen LogP contribution in [0, 0.1) is 0 Å². The highest BCUT2D eigenvalue weighted by molar-refractivity contribution is 5.75. The van der Waals surface area contributed by atoms with Crippen LogP contribution in [0.15, 0.2) is 0 Å². The first-order valence-corrected chi connectivity index (χ1v) is 40.0. The maximum atomic E-state index is 13.3. The second-order valence-electron chi connectivity index (χ2n) is 31.8. The second-order valence-corrected chi connectivity index (χ2v) is 31.8. The van der Waals surface area contributed by atoms with E-state index in [2.05, 4.69) is 26.6 Å². The summed E-state index contributed by atoms with van der Waals surface area (Å²) in [7, 11) is 0. The fraction of sp³-hybridized carbons (Fsp3) is 0.929. The maximum absolute atomic E-state index is 13.3. The summed E-state index contributed by atoms with van der Waals surface area (Å²) in [5.74, 6) is -4.56. The van der Waals surface area contributed by atoms with Crippen molar-refractivity contribution in [2.45, 2.75) is 348 Å². The molecule has 125 heavy (non-hydrogen) atoms. The lowest BCUT2D eigenvalue weighted by Crippen LogP contribution is -2.71. The fourth-order valence-corrected chi connectivity index (χ4v) is 16.1. The van der Waals surface area contributed by atoms with Gasteiger partial charge in [0.1, 0.15) is 238 Å². The molecule has 10 fully saturated rings. The van der Waals surface area contributed by atoms with E-state index in [-0.39, 0.29) is 0 Å². The van der Waals surface area contributed by atoms with Gasteiger partial charge in [0, 0.05) is 34.6 Å². The first-order valence-electron chi connectivity index (χ1n) is 40.0. The zero-order chi connectivity index (χ0) is 92.1. The number of aliphatic hydroxyl groups is 26. The lowest BCUT2D eigenvalue weighted by atomic mass is 9.93. The molecule has 0 aliphatic carbocycles. The van der Waals surface area contributed by atoms with Crippen LogP contribution in [0.3, 0.4) is 0 Å². The maximum Gasteiger partial charge on any atom is 0.217 e. The number of rotatable bonds is 32. The molecule has 10 rings (SSSR count). The molecule has 1 unspecified atom stereocenters. The van der Waals surface area contributed by atoms with Crippen LogP contribution in [-0.4, -0.2) is 529 Å². The van der Waals surface area contributed by atoms with Crippen LogP contribution in [-0.2, 0) is 114 Å². The Bertz CT molecular complexity index is 3420. The quantitative estimate of drug-likeness (QED) is 0.0297. The zero-order valence-electron chi connectivity index (χ0n) is 67.7. The van der Waals surface area contributed by atoms with Crippen molar-refractivity contribution in [3.8, 4) is 0 Å². The summed E-state index contributed by atoms with van der Waals surface area (Å²) in [5, 5.41) is 304. The predicted molar refractivity (Wildman–Crippen MR) is 386 cm³/mol. The van der Waals surface area contributed by atoms with Gasteiger partial charge in [0.25, 0.3) is 0 Å². The first-order chi connectivity index (χ1) is 59.0. The Morgan fingerprint density at radius 3 is 0.968 bits per heavy atom. The smallest absolute Gasteiger partial charge is 0.217 e. The zero-order valence-corrected chi connectivity index (χ0v) is 67.7. The van der Waals surface area contributed by atoms with Gasteiger partial charge in [0.2, 0.25) is 29.5 Å². The van der Waals surface area contributed by atoms with Crippen LogP contribution >= 0.6 is 0 Å². The van der Waals surface area contributed by atoms with E-state index < -0.39 is 396 Å². The van der Waals surface area contributed by atoms with E-state index in [0.717, 1.165) is 34.6 Å². The molecule has 5 amide bonds. The molecule has 10 aliphatic heterocycles. The molecule has 0 aromatic heterocycles. The summed E-state index contributed by atoms with van der Waals surface area (Å²) >= 11 is 0. The van der Waals surface area contributed by atoms with Gasteiger partial charge >= 0.3 is 0 Å². The van der Waals surface area contributed by atoms with Crippen molar-refractivity contribution in [2.75, 3.05) is 59.5 Å². The highest BCUT2D eigenvalue weighted by Gasteiger charge is 2.61. The molecule has 10 saturated heterocycles. The van der Waals surface area contributed by atoms with Crippen LogP contribution in [0.4, 0.5) is 0 Å². The average Bonchev–Trinajstić information content (AvgIpc) is 0.776. The Morgan fingerprint density at radius 1 is 0.224 bits per heavy atom. The molecular formula is C70H117N5O50. The molecule has 0 bridgehead atoms. The van der Waals surface area contributed by atoms with Gasteiger partial charge in [-0.25, -0.2) is 0 Å². The van der Waals surface area contributed by atoms with Crippen LogP contribution in [0.2, 0.25) is 0 Å². The van der Waals surface area contributed by atoms with Crippen molar-refractivity contribution < 1.29 is 247 Å². The van der Waals surface area contributed by atoms with Gasteiger partial charge in [-0.2, -0.15) is 0 Å². The molecule has 50 atom stereocenters. The summed E-state index contributed by atoms with van der Waals surface area (Å²) in [6.07, 6.45) is -93.6. The molecule has 10 aliphatic rings. The Morgan fingerprint density at radius 2 is 0.504 bits per heavy atom. The van der Waals surface area contributed by atoms with Gasteiger partial charge in [-0.15, -0.1) is 0 Å². The fourth-order valence-electron chi connectivity index (χ4n) is 16.1. The minimum absolute atomic E-state index is 0.815. The molecule has 55 nitrogen and oxygen atoms in total. The van der Waals surface area contributed by atoms with Crippen molar-refractivity contribution in [1.29, 1.82) is 0 Å². The van der Waals surface area contributed by atoms with E-state index in [4.69, 9.17) is 90.0 Å². The Hall–Kier alpha value is -4.45. The topological polar surface area (TPSA) is 847 Å². The first kappa shape index (κ1) is 103. The minimum atomic E-state index is -2.66. The van der Waals surface area contributed by atoms with Gasteiger partial charge in [-0.05, 0) is 6.92 Å². The Labute approximate surface area is 708 Å². The van der Waals surface area contributed by atoms with E-state index in [1.165, 1.54) is 6.92 Å². The lowest BCUT2D eigenvalue weighted by Gasteiger charge is -2.51. The molecule has 10 heterocycles. The van der Waals surface area contributed by atoms with Crippen molar-refractivity contribution in [3.05, 3.63) is 0 Å². The number of amides is 5. The summed E-state index contributed by atoms with van der Waals surface area (Å²) in [5.41, 5.74) is 0. The molecule has 0 aromatic carbocycles. The van der Waals surface area contributed by atoms with Crippen molar-refractivity contribution in [2.24, 2.45) is 0 Å². The normalized spacial score (nSPS) is 48.7. The summed E-state index contributed by atoms with van der Waals surface area (Å²) in [6.45, 7) is -3.71. The molecule has 0 spiro atoms. The van der Waals surface area contributed by atoms with E-state index in [1.807, 2.05) is 0 Å². The van der Waals surface area contributed by atoms with Crippen LogP contribution in [0.25, 0.3) is 0 Å². The lowest BCUT2D eigenvalue weighted by molar-refractivity contribution is -0.399. The van der Waals surface area contributed by atoms with E-state index in [0.29, 0.717) is 0 Å².